The van der Waals surface area contributed by atoms with Gasteiger partial charge in [0.2, 0.25) is 5.91 Å². The number of nitrogens with one attached hydrogen (secondary N) is 1. The van der Waals surface area contributed by atoms with Gasteiger partial charge in [-0.05, 0) is 31.9 Å². The van der Waals surface area contributed by atoms with E-state index >= 15 is 0 Å². The van der Waals surface area contributed by atoms with Gasteiger partial charge < -0.3 is 14.6 Å². The van der Waals surface area contributed by atoms with Crippen LogP contribution in [0.1, 0.15) is 34.1 Å². The summed E-state index contributed by atoms with van der Waals surface area (Å²) in [6.45, 7) is 2.66. The Balaban J connectivity index is 1.64. The third kappa shape index (κ3) is 3.56. The predicted molar refractivity (Wildman–Crippen MR) is 81.5 cm³/mol. The Morgan fingerprint density at radius 1 is 1.48 bits per heavy atom. The predicted octanol–water partition coefficient (Wildman–Crippen LogP) is 1.08. The van der Waals surface area contributed by atoms with Crippen LogP contribution in [0.2, 0.25) is 0 Å². The van der Waals surface area contributed by atoms with Crippen molar-refractivity contribution >= 4 is 11.8 Å². The lowest BCUT2D eigenvalue weighted by Crippen LogP contribution is -2.40. The number of fused-ring (bicyclic) bond motifs is 1. The Morgan fingerprint density at radius 3 is 3.13 bits per heavy atom. The smallest absolute Gasteiger partial charge is 0.257 e. The standard InChI is InChI=1S/C16H18N4O3/c1-11-17-9-13-14(19-11)5-2-6-20(16(13)22)10-15(21)18-8-12-4-3-7-23-12/h3-4,7,9H,2,5-6,8,10H2,1H3,(H,18,21). The van der Waals surface area contributed by atoms with E-state index in [4.69, 9.17) is 4.42 Å². The van der Waals surface area contributed by atoms with E-state index in [1.54, 1.807) is 36.4 Å². The molecule has 3 heterocycles. The Morgan fingerprint density at radius 2 is 2.35 bits per heavy atom. The van der Waals surface area contributed by atoms with Crippen LogP contribution in [-0.2, 0) is 17.8 Å². The van der Waals surface area contributed by atoms with Crippen molar-refractivity contribution in [2.45, 2.75) is 26.3 Å². The maximum absolute atomic E-state index is 12.6. The average molecular weight is 314 g/mol. The maximum atomic E-state index is 12.6. The zero-order chi connectivity index (χ0) is 16.2. The molecule has 0 saturated carbocycles. The third-order valence-electron chi connectivity index (χ3n) is 3.72. The summed E-state index contributed by atoms with van der Waals surface area (Å²) in [5.41, 5.74) is 1.26. The van der Waals surface area contributed by atoms with Crippen LogP contribution in [0, 0.1) is 6.92 Å². The SMILES string of the molecule is Cc1ncc2c(n1)CCCN(CC(=O)NCc1ccco1)C2=O. The Labute approximate surface area is 133 Å². The second-order valence-corrected chi connectivity index (χ2v) is 5.46. The van der Waals surface area contributed by atoms with Crippen LogP contribution in [-0.4, -0.2) is 39.8 Å². The molecule has 1 aliphatic rings. The summed E-state index contributed by atoms with van der Waals surface area (Å²) in [5, 5.41) is 2.75. The molecular weight excluding hydrogens is 296 g/mol. The van der Waals surface area contributed by atoms with Gasteiger partial charge in [0, 0.05) is 12.7 Å². The van der Waals surface area contributed by atoms with E-state index < -0.39 is 0 Å². The number of carbonyl (C=O) groups is 2. The second kappa shape index (κ2) is 6.60. The van der Waals surface area contributed by atoms with Crippen LogP contribution in [0.3, 0.4) is 0 Å². The molecule has 0 radical (unpaired) electrons. The molecule has 7 nitrogen and oxygen atoms in total. The summed E-state index contributed by atoms with van der Waals surface area (Å²) in [4.78, 5) is 34.6. The van der Waals surface area contributed by atoms with Gasteiger partial charge in [0.05, 0.1) is 30.6 Å². The van der Waals surface area contributed by atoms with Gasteiger partial charge in [0.15, 0.2) is 0 Å². The Bertz CT molecular complexity index is 712. The largest absolute Gasteiger partial charge is 0.467 e. The van der Waals surface area contributed by atoms with Gasteiger partial charge in [0.1, 0.15) is 11.6 Å². The van der Waals surface area contributed by atoms with Crippen molar-refractivity contribution < 1.29 is 14.0 Å². The molecule has 0 unspecified atom stereocenters. The summed E-state index contributed by atoms with van der Waals surface area (Å²) in [7, 11) is 0. The summed E-state index contributed by atoms with van der Waals surface area (Å²) >= 11 is 0. The quantitative estimate of drug-likeness (QED) is 0.912. The van der Waals surface area contributed by atoms with Crippen molar-refractivity contribution in [1.82, 2.24) is 20.2 Å². The van der Waals surface area contributed by atoms with E-state index in [-0.39, 0.29) is 18.4 Å². The van der Waals surface area contributed by atoms with Gasteiger partial charge in [-0.2, -0.15) is 0 Å². The van der Waals surface area contributed by atoms with Crippen LogP contribution in [0.5, 0.6) is 0 Å². The molecule has 120 valence electrons. The minimum atomic E-state index is -0.216. The first kappa shape index (κ1) is 15.2. The first-order valence-corrected chi connectivity index (χ1v) is 7.54. The lowest BCUT2D eigenvalue weighted by atomic mass is 10.1. The summed E-state index contributed by atoms with van der Waals surface area (Å²) < 4.78 is 5.16. The molecule has 0 atom stereocenters. The van der Waals surface area contributed by atoms with Crippen molar-refractivity contribution in [3.05, 3.63) is 47.4 Å². The van der Waals surface area contributed by atoms with E-state index in [1.807, 2.05) is 0 Å². The topological polar surface area (TPSA) is 88.3 Å². The van der Waals surface area contributed by atoms with Crippen LogP contribution in [0.25, 0.3) is 0 Å². The van der Waals surface area contributed by atoms with Crippen molar-refractivity contribution in [2.24, 2.45) is 0 Å². The van der Waals surface area contributed by atoms with E-state index in [0.29, 0.717) is 30.2 Å². The molecule has 1 N–H and O–H groups in total. The van der Waals surface area contributed by atoms with Crippen LogP contribution >= 0.6 is 0 Å². The first-order valence-electron chi connectivity index (χ1n) is 7.54. The Hall–Kier alpha value is -2.70. The summed E-state index contributed by atoms with van der Waals surface area (Å²) in [6.07, 6.45) is 4.60. The molecule has 2 aromatic rings. The number of hydrogen-bond acceptors (Lipinski definition) is 5. The van der Waals surface area contributed by atoms with Gasteiger partial charge >= 0.3 is 0 Å². The van der Waals surface area contributed by atoms with E-state index in [1.165, 1.54) is 0 Å². The lowest BCUT2D eigenvalue weighted by molar-refractivity contribution is -0.122. The molecule has 2 aromatic heterocycles. The zero-order valence-corrected chi connectivity index (χ0v) is 12.9. The van der Waals surface area contributed by atoms with E-state index in [0.717, 1.165) is 18.5 Å². The molecule has 3 rings (SSSR count). The number of hydrogen-bond donors (Lipinski definition) is 1. The molecule has 2 amide bonds. The molecule has 0 aliphatic carbocycles. The minimum Gasteiger partial charge on any atom is -0.467 e. The Kier molecular flexibility index (Phi) is 4.36. The van der Waals surface area contributed by atoms with Gasteiger partial charge in [-0.3, -0.25) is 9.59 Å². The van der Waals surface area contributed by atoms with Gasteiger partial charge in [-0.25, -0.2) is 9.97 Å². The number of amides is 2. The summed E-state index contributed by atoms with van der Waals surface area (Å²) in [6, 6.07) is 3.55. The van der Waals surface area contributed by atoms with Crippen molar-refractivity contribution in [1.29, 1.82) is 0 Å². The van der Waals surface area contributed by atoms with Crippen molar-refractivity contribution in [3.8, 4) is 0 Å². The number of nitrogens with zero attached hydrogens (tertiary/aromatic N) is 3. The van der Waals surface area contributed by atoms with Crippen LogP contribution in [0.15, 0.2) is 29.0 Å². The molecular formula is C16H18N4O3. The number of aromatic nitrogens is 2. The normalized spacial score (nSPS) is 14.3. The first-order chi connectivity index (χ1) is 11.1. The van der Waals surface area contributed by atoms with Crippen LogP contribution < -0.4 is 5.32 Å². The second-order valence-electron chi connectivity index (χ2n) is 5.46. The molecule has 7 heteroatoms. The van der Waals surface area contributed by atoms with E-state index in [9.17, 15) is 9.59 Å². The highest BCUT2D eigenvalue weighted by molar-refractivity contribution is 5.97. The minimum absolute atomic E-state index is 0.0207. The third-order valence-corrected chi connectivity index (χ3v) is 3.72. The highest BCUT2D eigenvalue weighted by Gasteiger charge is 2.25. The number of carbonyl (C=O) groups excluding carboxylic acids is 2. The van der Waals surface area contributed by atoms with E-state index in [2.05, 4.69) is 15.3 Å². The number of aryl methyl sites for hydroxylation is 2. The number of rotatable bonds is 4. The highest BCUT2D eigenvalue weighted by atomic mass is 16.3. The zero-order valence-electron chi connectivity index (χ0n) is 12.9. The lowest BCUT2D eigenvalue weighted by Gasteiger charge is -2.20. The molecule has 1 aliphatic heterocycles. The fraction of sp³-hybridized carbons (Fsp3) is 0.375. The van der Waals surface area contributed by atoms with Gasteiger partial charge in [-0.15, -0.1) is 0 Å². The van der Waals surface area contributed by atoms with Gasteiger partial charge in [-0.1, -0.05) is 0 Å². The monoisotopic (exact) mass is 314 g/mol. The van der Waals surface area contributed by atoms with Crippen molar-refractivity contribution in [2.75, 3.05) is 13.1 Å². The molecule has 0 spiro atoms. The molecule has 0 bridgehead atoms. The fourth-order valence-electron chi connectivity index (χ4n) is 2.57. The average Bonchev–Trinajstić information content (AvgIpc) is 3.00. The van der Waals surface area contributed by atoms with Crippen LogP contribution in [0.4, 0.5) is 0 Å². The van der Waals surface area contributed by atoms with Gasteiger partial charge in [0.25, 0.3) is 5.91 Å². The fourth-order valence-corrected chi connectivity index (χ4v) is 2.57. The maximum Gasteiger partial charge on any atom is 0.257 e. The molecule has 0 fully saturated rings. The molecule has 0 saturated heterocycles. The number of furan rings is 1. The highest BCUT2D eigenvalue weighted by Crippen LogP contribution is 2.16. The summed E-state index contributed by atoms with van der Waals surface area (Å²) in [5.74, 6) is 0.924. The van der Waals surface area contributed by atoms with Crippen molar-refractivity contribution in [3.63, 3.8) is 0 Å². The molecule has 23 heavy (non-hydrogen) atoms. The molecule has 0 aromatic carbocycles.